The molecule has 1 saturated heterocycles. The Balaban J connectivity index is 1.79. The highest BCUT2D eigenvalue weighted by Gasteiger charge is 2.27. The molecular formula is C18H23N3OS. The van der Waals surface area contributed by atoms with Crippen LogP contribution in [0.2, 0.25) is 0 Å². The molecule has 4 nitrogen and oxygen atoms in total. The Morgan fingerprint density at radius 2 is 2.17 bits per heavy atom. The number of nitrogens with one attached hydrogen (secondary N) is 1. The lowest BCUT2D eigenvalue weighted by Crippen LogP contribution is -2.41. The lowest BCUT2D eigenvalue weighted by atomic mass is 10.00. The van der Waals surface area contributed by atoms with Gasteiger partial charge in [0.05, 0.1) is 0 Å². The lowest BCUT2D eigenvalue weighted by Gasteiger charge is -2.32. The maximum absolute atomic E-state index is 12.9. The summed E-state index contributed by atoms with van der Waals surface area (Å²) in [5, 5.41) is 0. The van der Waals surface area contributed by atoms with Crippen molar-refractivity contribution in [1.29, 1.82) is 0 Å². The number of amides is 1. The summed E-state index contributed by atoms with van der Waals surface area (Å²) in [7, 11) is 0. The Kier molecular flexibility index (Phi) is 5.06. The van der Waals surface area contributed by atoms with Gasteiger partial charge >= 0.3 is 0 Å². The molecule has 1 aliphatic rings. The first-order valence-corrected chi connectivity index (χ1v) is 9.48. The summed E-state index contributed by atoms with van der Waals surface area (Å²) >= 11 is 1.86. The van der Waals surface area contributed by atoms with E-state index in [1.165, 1.54) is 6.42 Å². The Morgan fingerprint density at radius 1 is 1.39 bits per heavy atom. The number of carbonyl (C=O) groups excluding carboxylic acids is 1. The molecular weight excluding hydrogens is 306 g/mol. The molecule has 0 spiro atoms. The van der Waals surface area contributed by atoms with Crippen LogP contribution < -0.4 is 0 Å². The molecule has 3 rings (SSSR count). The van der Waals surface area contributed by atoms with Crippen LogP contribution in [0, 0.1) is 12.8 Å². The average Bonchev–Trinajstić information content (AvgIpc) is 2.97. The second-order valence-corrected chi connectivity index (χ2v) is 7.05. The molecule has 0 unspecified atom stereocenters. The van der Waals surface area contributed by atoms with Gasteiger partial charge in [0.1, 0.15) is 11.5 Å². The summed E-state index contributed by atoms with van der Waals surface area (Å²) in [6.45, 7) is 3.62. The molecule has 5 heteroatoms. The molecule has 2 heterocycles. The molecule has 23 heavy (non-hydrogen) atoms. The van der Waals surface area contributed by atoms with E-state index >= 15 is 0 Å². The highest BCUT2D eigenvalue weighted by atomic mass is 32.2. The summed E-state index contributed by atoms with van der Waals surface area (Å²) in [5.41, 5.74) is 2.42. The minimum Gasteiger partial charge on any atom is -0.341 e. The first kappa shape index (κ1) is 16.1. The predicted octanol–water partition coefficient (Wildman–Crippen LogP) is 3.60. The number of likely N-dealkylation sites (tertiary alicyclic amines) is 1. The smallest absolute Gasteiger partial charge is 0.274 e. The first-order valence-electron chi connectivity index (χ1n) is 8.09. The maximum atomic E-state index is 12.9. The standard InChI is InChI=1S/C18H23N3OS/c1-13-16(20-17(19-13)15-8-4-3-5-9-15)18(22)21-10-6-7-14(11-21)12-23-2/h3-5,8-9,14H,6-7,10-12H2,1-2H3,(H,19,20)/t14-/m1/s1. The summed E-state index contributed by atoms with van der Waals surface area (Å²) in [5.74, 6) is 2.56. The van der Waals surface area contributed by atoms with Crippen LogP contribution in [0.1, 0.15) is 29.0 Å². The quantitative estimate of drug-likeness (QED) is 0.932. The Hall–Kier alpha value is -1.75. The van der Waals surface area contributed by atoms with Gasteiger partial charge in [-0.2, -0.15) is 11.8 Å². The van der Waals surface area contributed by atoms with Gasteiger partial charge in [0.2, 0.25) is 0 Å². The van der Waals surface area contributed by atoms with Crippen LogP contribution in [-0.4, -0.2) is 45.9 Å². The minimum atomic E-state index is 0.0618. The average molecular weight is 329 g/mol. The maximum Gasteiger partial charge on any atom is 0.274 e. The third kappa shape index (κ3) is 3.61. The van der Waals surface area contributed by atoms with Crippen molar-refractivity contribution in [1.82, 2.24) is 14.9 Å². The van der Waals surface area contributed by atoms with Gasteiger partial charge in [-0.15, -0.1) is 0 Å². The van der Waals surface area contributed by atoms with Crippen molar-refractivity contribution >= 4 is 17.7 Å². The van der Waals surface area contributed by atoms with Gasteiger partial charge in [-0.05, 0) is 37.7 Å². The summed E-state index contributed by atoms with van der Waals surface area (Å²) in [6, 6.07) is 9.94. The number of benzene rings is 1. The van der Waals surface area contributed by atoms with Crippen molar-refractivity contribution in [3.05, 3.63) is 41.7 Å². The van der Waals surface area contributed by atoms with Gasteiger partial charge in [-0.25, -0.2) is 4.98 Å². The topological polar surface area (TPSA) is 49.0 Å². The number of H-pyrrole nitrogens is 1. The van der Waals surface area contributed by atoms with Gasteiger partial charge in [0.25, 0.3) is 5.91 Å². The minimum absolute atomic E-state index is 0.0618. The number of aryl methyl sites for hydroxylation is 1. The van der Waals surface area contributed by atoms with Crippen LogP contribution in [0.3, 0.4) is 0 Å². The second kappa shape index (κ2) is 7.21. The van der Waals surface area contributed by atoms with Crippen molar-refractivity contribution in [2.75, 3.05) is 25.1 Å². The number of hydrogen-bond donors (Lipinski definition) is 1. The molecule has 1 fully saturated rings. The largest absolute Gasteiger partial charge is 0.341 e. The molecule has 0 radical (unpaired) electrons. The molecule has 122 valence electrons. The number of imidazole rings is 1. The first-order chi connectivity index (χ1) is 11.2. The van der Waals surface area contributed by atoms with E-state index < -0.39 is 0 Å². The van der Waals surface area contributed by atoms with E-state index in [1.807, 2.05) is 53.9 Å². The van der Waals surface area contributed by atoms with Crippen molar-refractivity contribution in [3.63, 3.8) is 0 Å². The Morgan fingerprint density at radius 3 is 2.91 bits per heavy atom. The van der Waals surface area contributed by atoms with Crippen molar-refractivity contribution in [2.24, 2.45) is 5.92 Å². The predicted molar refractivity (Wildman–Crippen MR) is 95.8 cm³/mol. The van der Waals surface area contributed by atoms with Crippen LogP contribution in [0.15, 0.2) is 30.3 Å². The monoisotopic (exact) mass is 329 g/mol. The fraction of sp³-hybridized carbons (Fsp3) is 0.444. The summed E-state index contributed by atoms with van der Waals surface area (Å²) < 4.78 is 0. The molecule has 2 aromatic rings. The van der Waals surface area contributed by atoms with E-state index in [4.69, 9.17) is 0 Å². The second-order valence-electron chi connectivity index (χ2n) is 6.14. The summed E-state index contributed by atoms with van der Waals surface area (Å²) in [6.07, 6.45) is 4.44. The molecule has 0 bridgehead atoms. The molecule has 1 N–H and O–H groups in total. The van der Waals surface area contributed by atoms with Gasteiger partial charge in [0, 0.05) is 24.3 Å². The lowest BCUT2D eigenvalue weighted by molar-refractivity contribution is 0.0679. The van der Waals surface area contributed by atoms with Gasteiger partial charge in [-0.3, -0.25) is 4.79 Å². The fourth-order valence-electron chi connectivity index (χ4n) is 3.17. The highest BCUT2D eigenvalue weighted by Crippen LogP contribution is 2.23. The SMILES string of the molecule is CSC[C@@H]1CCCN(C(=O)c2nc(-c3ccccc3)[nH]c2C)C1. The van der Waals surface area contributed by atoms with Gasteiger partial charge in [-0.1, -0.05) is 30.3 Å². The van der Waals surface area contributed by atoms with Crippen LogP contribution in [0.4, 0.5) is 0 Å². The van der Waals surface area contributed by atoms with Crippen LogP contribution in [-0.2, 0) is 0 Å². The molecule has 1 amide bonds. The van der Waals surface area contributed by atoms with E-state index in [0.717, 1.165) is 42.3 Å². The molecule has 1 aromatic carbocycles. The molecule has 1 aliphatic heterocycles. The molecule has 0 aliphatic carbocycles. The van der Waals surface area contributed by atoms with Crippen LogP contribution in [0.5, 0.6) is 0 Å². The zero-order valence-corrected chi connectivity index (χ0v) is 14.5. The molecule has 1 atom stereocenters. The zero-order chi connectivity index (χ0) is 16.2. The van der Waals surface area contributed by atoms with Crippen molar-refractivity contribution in [2.45, 2.75) is 19.8 Å². The van der Waals surface area contributed by atoms with Gasteiger partial charge in [0.15, 0.2) is 0 Å². The third-order valence-electron chi connectivity index (χ3n) is 4.34. The van der Waals surface area contributed by atoms with E-state index in [0.29, 0.717) is 11.6 Å². The fourth-order valence-corrected chi connectivity index (χ4v) is 3.92. The van der Waals surface area contributed by atoms with Crippen LogP contribution >= 0.6 is 11.8 Å². The Bertz CT molecular complexity index is 666. The molecule has 0 saturated carbocycles. The van der Waals surface area contributed by atoms with Crippen molar-refractivity contribution in [3.8, 4) is 11.4 Å². The van der Waals surface area contributed by atoms with E-state index in [1.54, 1.807) is 0 Å². The normalized spacial score (nSPS) is 18.2. The number of nitrogens with zero attached hydrogens (tertiary/aromatic N) is 2. The zero-order valence-electron chi connectivity index (χ0n) is 13.7. The number of carbonyl (C=O) groups is 1. The number of aromatic nitrogens is 2. The van der Waals surface area contributed by atoms with E-state index in [2.05, 4.69) is 16.2 Å². The van der Waals surface area contributed by atoms with E-state index in [-0.39, 0.29) is 5.91 Å². The number of aromatic amines is 1. The number of rotatable bonds is 4. The highest BCUT2D eigenvalue weighted by molar-refractivity contribution is 7.98. The number of piperidine rings is 1. The number of hydrogen-bond acceptors (Lipinski definition) is 3. The van der Waals surface area contributed by atoms with E-state index in [9.17, 15) is 4.79 Å². The van der Waals surface area contributed by atoms with Gasteiger partial charge < -0.3 is 9.88 Å². The third-order valence-corrected chi connectivity index (χ3v) is 5.15. The van der Waals surface area contributed by atoms with Crippen molar-refractivity contribution < 1.29 is 4.79 Å². The number of thioether (sulfide) groups is 1. The summed E-state index contributed by atoms with van der Waals surface area (Å²) in [4.78, 5) is 22.7. The Labute approximate surface area is 141 Å². The van der Waals surface area contributed by atoms with Crippen LogP contribution in [0.25, 0.3) is 11.4 Å². The molecule has 1 aromatic heterocycles.